The van der Waals surface area contributed by atoms with Crippen molar-refractivity contribution in [2.24, 2.45) is 10.8 Å². The van der Waals surface area contributed by atoms with Crippen molar-refractivity contribution >= 4 is 11.6 Å². The molecule has 0 fully saturated rings. The fourth-order valence-corrected chi connectivity index (χ4v) is 3.24. The fourth-order valence-electron chi connectivity index (χ4n) is 3.11. The Morgan fingerprint density at radius 1 is 0.667 bits per heavy atom. The van der Waals surface area contributed by atoms with Gasteiger partial charge in [0, 0.05) is 5.02 Å². The first-order valence-corrected chi connectivity index (χ1v) is 9.33. The van der Waals surface area contributed by atoms with Crippen molar-refractivity contribution in [3.8, 4) is 0 Å². The van der Waals surface area contributed by atoms with E-state index in [0.717, 1.165) is 24.3 Å². The van der Waals surface area contributed by atoms with Crippen molar-refractivity contribution < 1.29 is 0 Å². The molecule has 0 atom stereocenters. The second kappa shape index (κ2) is 7.74. The summed E-state index contributed by atoms with van der Waals surface area (Å²) < 4.78 is 0. The molecule has 130 valence electrons. The van der Waals surface area contributed by atoms with Gasteiger partial charge in [-0.15, -0.1) is 0 Å². The highest BCUT2D eigenvalue weighted by Gasteiger charge is 2.19. The minimum atomic E-state index is 0.237. The summed E-state index contributed by atoms with van der Waals surface area (Å²) >= 11 is 5.98. The van der Waals surface area contributed by atoms with E-state index >= 15 is 0 Å². The van der Waals surface area contributed by atoms with Gasteiger partial charge in [0.25, 0.3) is 0 Å². The van der Waals surface area contributed by atoms with Crippen LogP contribution >= 0.6 is 11.6 Å². The van der Waals surface area contributed by atoms with E-state index in [1.165, 1.54) is 23.1 Å². The predicted molar refractivity (Wildman–Crippen MR) is 107 cm³/mol. The third kappa shape index (κ3) is 6.69. The van der Waals surface area contributed by atoms with Crippen molar-refractivity contribution in [1.82, 2.24) is 0 Å². The Hall–Kier alpha value is -1.27. The Bertz CT molecular complexity index is 627. The van der Waals surface area contributed by atoms with Gasteiger partial charge in [-0.3, -0.25) is 0 Å². The number of hydrogen-bond donors (Lipinski definition) is 0. The van der Waals surface area contributed by atoms with Gasteiger partial charge in [0.1, 0.15) is 0 Å². The summed E-state index contributed by atoms with van der Waals surface area (Å²) in [6, 6.07) is 17.5. The number of halogens is 1. The molecule has 0 radical (unpaired) electrons. The van der Waals surface area contributed by atoms with Gasteiger partial charge in [0.15, 0.2) is 0 Å². The van der Waals surface area contributed by atoms with Crippen molar-refractivity contribution in [1.29, 1.82) is 0 Å². The minimum Gasteiger partial charge on any atom is -0.0843 e. The van der Waals surface area contributed by atoms with Crippen LogP contribution in [-0.2, 0) is 19.3 Å². The van der Waals surface area contributed by atoms with Crippen LogP contribution in [0, 0.1) is 10.8 Å². The lowest BCUT2D eigenvalue weighted by Crippen LogP contribution is -2.18. The van der Waals surface area contributed by atoms with E-state index < -0.39 is 0 Å². The maximum Gasteiger partial charge on any atom is 0.0406 e. The van der Waals surface area contributed by atoms with Crippen LogP contribution in [0.2, 0.25) is 5.02 Å². The first-order valence-electron chi connectivity index (χ1n) is 8.95. The summed E-state index contributed by atoms with van der Waals surface area (Å²) in [6.45, 7) is 11.6. The average molecular weight is 343 g/mol. The lowest BCUT2D eigenvalue weighted by Gasteiger charge is -2.25. The molecule has 0 saturated carbocycles. The second-order valence-corrected chi connectivity index (χ2v) is 9.46. The molecule has 0 heterocycles. The normalized spacial score (nSPS) is 12.4. The molecular formula is C23H31Cl. The standard InChI is InChI=1S/C23H31Cl/c1-22(2,3)15-14-18-6-8-19(9-7-18)16-23(4,5)17-20-10-12-21(24)13-11-20/h6-13H,14-17H2,1-5H3. The number of benzene rings is 2. The lowest BCUT2D eigenvalue weighted by molar-refractivity contribution is 0.361. The molecule has 0 aliphatic heterocycles. The molecule has 2 rings (SSSR count). The predicted octanol–water partition coefficient (Wildman–Crippen LogP) is 7.13. The first-order chi connectivity index (χ1) is 11.1. The van der Waals surface area contributed by atoms with Gasteiger partial charge in [-0.05, 0) is 65.3 Å². The molecule has 0 saturated heterocycles. The lowest BCUT2D eigenvalue weighted by atomic mass is 9.80. The summed E-state index contributed by atoms with van der Waals surface area (Å²) in [6.07, 6.45) is 4.55. The molecule has 0 N–H and O–H groups in total. The molecule has 0 aliphatic rings. The van der Waals surface area contributed by atoms with Crippen molar-refractivity contribution in [2.45, 2.75) is 60.3 Å². The van der Waals surface area contributed by atoms with Crippen molar-refractivity contribution in [3.05, 3.63) is 70.2 Å². The van der Waals surface area contributed by atoms with Crippen LogP contribution < -0.4 is 0 Å². The monoisotopic (exact) mass is 342 g/mol. The van der Waals surface area contributed by atoms with Crippen LogP contribution in [0.5, 0.6) is 0 Å². The zero-order valence-corrected chi connectivity index (χ0v) is 16.6. The maximum atomic E-state index is 5.98. The first kappa shape index (κ1) is 19.1. The van der Waals surface area contributed by atoms with E-state index in [4.69, 9.17) is 11.6 Å². The summed E-state index contributed by atoms with van der Waals surface area (Å²) in [4.78, 5) is 0. The van der Waals surface area contributed by atoms with Crippen LogP contribution in [0.4, 0.5) is 0 Å². The Balaban J connectivity index is 1.95. The summed E-state index contributed by atoms with van der Waals surface area (Å²) in [5, 5.41) is 0.808. The summed E-state index contributed by atoms with van der Waals surface area (Å²) in [5.74, 6) is 0. The van der Waals surface area contributed by atoms with Gasteiger partial charge < -0.3 is 0 Å². The summed E-state index contributed by atoms with van der Waals surface area (Å²) in [5.41, 5.74) is 4.86. The van der Waals surface area contributed by atoms with Gasteiger partial charge in [-0.25, -0.2) is 0 Å². The van der Waals surface area contributed by atoms with Crippen LogP contribution in [0.3, 0.4) is 0 Å². The third-order valence-electron chi connectivity index (χ3n) is 4.47. The van der Waals surface area contributed by atoms with Gasteiger partial charge in [0.05, 0.1) is 0 Å². The smallest absolute Gasteiger partial charge is 0.0406 e. The van der Waals surface area contributed by atoms with Crippen molar-refractivity contribution in [3.63, 3.8) is 0 Å². The van der Waals surface area contributed by atoms with Crippen molar-refractivity contribution in [2.75, 3.05) is 0 Å². The van der Waals surface area contributed by atoms with Gasteiger partial charge in [0.2, 0.25) is 0 Å². The Kier molecular flexibility index (Phi) is 6.15. The van der Waals surface area contributed by atoms with E-state index in [0.29, 0.717) is 5.41 Å². The van der Waals surface area contributed by atoms with Crippen LogP contribution in [-0.4, -0.2) is 0 Å². The van der Waals surface area contributed by atoms with Crippen LogP contribution in [0.25, 0.3) is 0 Å². The van der Waals surface area contributed by atoms with Gasteiger partial charge in [-0.2, -0.15) is 0 Å². The molecule has 0 spiro atoms. The zero-order valence-electron chi connectivity index (χ0n) is 15.8. The van der Waals surface area contributed by atoms with Gasteiger partial charge in [-0.1, -0.05) is 82.6 Å². The molecule has 0 unspecified atom stereocenters. The minimum absolute atomic E-state index is 0.237. The molecule has 0 aromatic heterocycles. The van der Waals surface area contributed by atoms with E-state index in [-0.39, 0.29) is 5.41 Å². The Morgan fingerprint density at radius 2 is 1.08 bits per heavy atom. The average Bonchev–Trinajstić information content (AvgIpc) is 2.47. The largest absolute Gasteiger partial charge is 0.0843 e. The highest BCUT2D eigenvalue weighted by molar-refractivity contribution is 6.30. The van der Waals surface area contributed by atoms with E-state index in [1.807, 2.05) is 12.1 Å². The molecule has 24 heavy (non-hydrogen) atoms. The Labute approximate surface area is 153 Å². The quantitative estimate of drug-likeness (QED) is 0.523. The Morgan fingerprint density at radius 3 is 1.54 bits per heavy atom. The highest BCUT2D eigenvalue weighted by atomic mass is 35.5. The third-order valence-corrected chi connectivity index (χ3v) is 4.72. The number of rotatable bonds is 6. The SMILES string of the molecule is CC(C)(C)CCc1ccc(CC(C)(C)Cc2ccc(Cl)cc2)cc1. The number of hydrogen-bond acceptors (Lipinski definition) is 0. The van der Waals surface area contributed by atoms with Crippen LogP contribution in [0.1, 0.15) is 57.7 Å². The highest BCUT2D eigenvalue weighted by Crippen LogP contribution is 2.28. The molecule has 0 aliphatic carbocycles. The molecule has 2 aromatic carbocycles. The molecule has 0 amide bonds. The van der Waals surface area contributed by atoms with E-state index in [9.17, 15) is 0 Å². The molecule has 0 nitrogen and oxygen atoms in total. The number of aryl methyl sites for hydroxylation is 1. The topological polar surface area (TPSA) is 0 Å². The maximum absolute atomic E-state index is 5.98. The van der Waals surface area contributed by atoms with E-state index in [2.05, 4.69) is 71.0 Å². The zero-order chi connectivity index (χ0) is 17.8. The molecular weight excluding hydrogens is 312 g/mol. The molecule has 0 bridgehead atoms. The van der Waals surface area contributed by atoms with Gasteiger partial charge >= 0.3 is 0 Å². The second-order valence-electron chi connectivity index (χ2n) is 9.02. The summed E-state index contributed by atoms with van der Waals surface area (Å²) in [7, 11) is 0. The fraction of sp³-hybridized carbons (Fsp3) is 0.478. The van der Waals surface area contributed by atoms with E-state index in [1.54, 1.807) is 0 Å². The molecule has 1 heteroatoms. The molecule has 2 aromatic rings. The van der Waals surface area contributed by atoms with Crippen LogP contribution in [0.15, 0.2) is 48.5 Å².